The molecule has 1 aromatic rings. The SMILES string of the molecule is O=S1(=O)C2CCCC1CC(O)(c1ccc(F)cc1C(F)(F)F)C2. The molecular weight excluding hydrogens is 336 g/mol. The van der Waals surface area contributed by atoms with Gasteiger partial charge in [0.1, 0.15) is 5.82 Å². The van der Waals surface area contributed by atoms with Crippen molar-refractivity contribution in [3.8, 4) is 0 Å². The van der Waals surface area contributed by atoms with E-state index in [1.165, 1.54) is 0 Å². The van der Waals surface area contributed by atoms with E-state index < -0.39 is 49.1 Å². The third kappa shape index (κ3) is 2.76. The zero-order chi connectivity index (χ0) is 17.0. The van der Waals surface area contributed by atoms with Crippen molar-refractivity contribution < 1.29 is 31.1 Å². The minimum Gasteiger partial charge on any atom is -0.385 e. The minimum atomic E-state index is -4.82. The van der Waals surface area contributed by atoms with Gasteiger partial charge in [0.2, 0.25) is 0 Å². The molecular formula is C15H16F4O3S. The van der Waals surface area contributed by atoms with Crippen LogP contribution in [-0.2, 0) is 21.6 Å². The first-order valence-corrected chi connectivity index (χ1v) is 8.97. The van der Waals surface area contributed by atoms with E-state index in [1.807, 2.05) is 0 Å². The van der Waals surface area contributed by atoms with E-state index in [9.17, 15) is 31.1 Å². The number of fused-ring (bicyclic) bond motifs is 2. The van der Waals surface area contributed by atoms with Crippen LogP contribution in [0.1, 0.15) is 43.2 Å². The summed E-state index contributed by atoms with van der Waals surface area (Å²) >= 11 is 0. The molecule has 2 unspecified atom stereocenters. The van der Waals surface area contributed by atoms with Gasteiger partial charge in [-0.1, -0.05) is 12.5 Å². The maximum absolute atomic E-state index is 13.2. The number of benzene rings is 1. The van der Waals surface area contributed by atoms with Gasteiger partial charge in [0.15, 0.2) is 9.84 Å². The van der Waals surface area contributed by atoms with Crippen molar-refractivity contribution in [1.29, 1.82) is 0 Å². The molecule has 0 aliphatic carbocycles. The molecule has 1 N–H and O–H groups in total. The zero-order valence-corrected chi connectivity index (χ0v) is 12.9. The molecule has 0 spiro atoms. The number of hydrogen-bond acceptors (Lipinski definition) is 3. The van der Waals surface area contributed by atoms with Crippen LogP contribution < -0.4 is 0 Å². The Hall–Kier alpha value is -1.15. The van der Waals surface area contributed by atoms with Crippen LogP contribution in [0.2, 0.25) is 0 Å². The summed E-state index contributed by atoms with van der Waals surface area (Å²) in [5.74, 6) is -1.05. The molecule has 3 rings (SSSR count). The Bertz CT molecular complexity index is 707. The fraction of sp³-hybridized carbons (Fsp3) is 0.600. The minimum absolute atomic E-state index is 0.277. The van der Waals surface area contributed by atoms with Gasteiger partial charge in [-0.25, -0.2) is 12.8 Å². The molecule has 1 aromatic carbocycles. The van der Waals surface area contributed by atoms with Crippen LogP contribution in [0.25, 0.3) is 0 Å². The third-order valence-electron chi connectivity index (χ3n) is 4.90. The first kappa shape index (κ1) is 16.7. The van der Waals surface area contributed by atoms with E-state index in [4.69, 9.17) is 0 Å². The van der Waals surface area contributed by atoms with E-state index in [-0.39, 0.29) is 12.8 Å². The van der Waals surface area contributed by atoms with E-state index in [1.54, 1.807) is 0 Å². The van der Waals surface area contributed by atoms with Gasteiger partial charge in [0.05, 0.1) is 21.7 Å². The molecule has 128 valence electrons. The Kier molecular flexibility index (Phi) is 3.76. The second kappa shape index (κ2) is 5.17. The molecule has 2 heterocycles. The molecule has 2 saturated heterocycles. The quantitative estimate of drug-likeness (QED) is 0.790. The lowest BCUT2D eigenvalue weighted by molar-refractivity contribution is -0.141. The van der Waals surface area contributed by atoms with Gasteiger partial charge in [-0.3, -0.25) is 0 Å². The monoisotopic (exact) mass is 352 g/mol. The predicted octanol–water partition coefficient (Wildman–Crippen LogP) is 3.16. The summed E-state index contributed by atoms with van der Waals surface area (Å²) in [6.07, 6.45) is -4.02. The lowest BCUT2D eigenvalue weighted by Gasteiger charge is -2.44. The molecule has 2 fully saturated rings. The maximum Gasteiger partial charge on any atom is 0.416 e. The second-order valence-corrected chi connectivity index (χ2v) is 8.90. The number of sulfone groups is 1. The van der Waals surface area contributed by atoms with Crippen LogP contribution in [0.3, 0.4) is 0 Å². The predicted molar refractivity (Wildman–Crippen MR) is 74.9 cm³/mol. The second-order valence-electron chi connectivity index (χ2n) is 6.39. The Labute approximate surface area is 131 Å². The largest absolute Gasteiger partial charge is 0.416 e. The molecule has 8 heteroatoms. The molecule has 3 nitrogen and oxygen atoms in total. The number of rotatable bonds is 1. The number of aliphatic hydroxyl groups is 1. The maximum atomic E-state index is 13.2. The first-order valence-electron chi connectivity index (χ1n) is 7.36. The Morgan fingerprint density at radius 3 is 2.22 bits per heavy atom. The van der Waals surface area contributed by atoms with Crippen LogP contribution in [0.5, 0.6) is 0 Å². The smallest absolute Gasteiger partial charge is 0.385 e. The number of hydrogen-bond donors (Lipinski definition) is 1. The van der Waals surface area contributed by atoms with Gasteiger partial charge in [-0.05, 0) is 43.4 Å². The normalized spacial score (nSPS) is 33.4. The highest BCUT2D eigenvalue weighted by atomic mass is 32.2. The summed E-state index contributed by atoms with van der Waals surface area (Å²) in [5.41, 5.74) is -3.57. The van der Waals surface area contributed by atoms with Crippen LogP contribution in [0.4, 0.5) is 17.6 Å². The topological polar surface area (TPSA) is 54.4 Å². The summed E-state index contributed by atoms with van der Waals surface area (Å²) in [6.45, 7) is 0. The Balaban J connectivity index is 2.09. The standard InChI is InChI=1S/C15H16F4O3S/c16-9-4-5-12(13(6-9)15(17,18)19)14(20)7-10-2-1-3-11(8-14)23(10,21)22/h4-6,10-11,20H,1-3,7-8H2. The van der Waals surface area contributed by atoms with Gasteiger partial charge in [-0.15, -0.1) is 0 Å². The summed E-state index contributed by atoms with van der Waals surface area (Å²) < 4.78 is 77.4. The van der Waals surface area contributed by atoms with Crippen molar-refractivity contribution in [3.63, 3.8) is 0 Å². The Morgan fingerprint density at radius 1 is 1.13 bits per heavy atom. The van der Waals surface area contributed by atoms with E-state index in [2.05, 4.69) is 0 Å². The molecule has 2 aliphatic heterocycles. The fourth-order valence-electron chi connectivity index (χ4n) is 3.82. The summed E-state index contributed by atoms with van der Waals surface area (Å²) in [6, 6.07) is 2.14. The zero-order valence-electron chi connectivity index (χ0n) is 12.1. The van der Waals surface area contributed by atoms with Crippen molar-refractivity contribution in [3.05, 3.63) is 35.1 Å². The van der Waals surface area contributed by atoms with Gasteiger partial charge >= 0.3 is 6.18 Å². The van der Waals surface area contributed by atoms with Crippen molar-refractivity contribution in [2.24, 2.45) is 0 Å². The van der Waals surface area contributed by atoms with E-state index in [0.717, 1.165) is 12.1 Å². The van der Waals surface area contributed by atoms with Crippen molar-refractivity contribution >= 4 is 9.84 Å². The van der Waals surface area contributed by atoms with Crippen LogP contribution in [0, 0.1) is 5.82 Å². The molecule has 0 aromatic heterocycles. The summed E-state index contributed by atoms with van der Waals surface area (Å²) in [7, 11) is -3.42. The molecule has 2 aliphatic rings. The van der Waals surface area contributed by atoms with Crippen LogP contribution in [-0.4, -0.2) is 24.0 Å². The molecule has 2 atom stereocenters. The van der Waals surface area contributed by atoms with Crippen molar-refractivity contribution in [2.75, 3.05) is 0 Å². The van der Waals surface area contributed by atoms with Gasteiger partial charge in [-0.2, -0.15) is 13.2 Å². The highest BCUT2D eigenvalue weighted by Crippen LogP contribution is 2.48. The highest BCUT2D eigenvalue weighted by molar-refractivity contribution is 7.92. The molecule has 2 bridgehead atoms. The molecule has 0 amide bonds. The highest BCUT2D eigenvalue weighted by Gasteiger charge is 2.53. The molecule has 0 saturated carbocycles. The van der Waals surface area contributed by atoms with Crippen LogP contribution in [0.15, 0.2) is 18.2 Å². The van der Waals surface area contributed by atoms with E-state index in [0.29, 0.717) is 25.3 Å². The number of alkyl halides is 3. The van der Waals surface area contributed by atoms with Crippen molar-refractivity contribution in [1.82, 2.24) is 0 Å². The first-order chi connectivity index (χ1) is 10.5. The van der Waals surface area contributed by atoms with Gasteiger partial charge in [0, 0.05) is 0 Å². The lowest BCUT2D eigenvalue weighted by Crippen LogP contribution is -2.50. The van der Waals surface area contributed by atoms with Crippen molar-refractivity contribution in [2.45, 2.75) is 54.4 Å². The fourth-order valence-corrected chi connectivity index (χ4v) is 6.37. The molecule has 23 heavy (non-hydrogen) atoms. The average Bonchev–Trinajstić information content (AvgIpc) is 2.39. The van der Waals surface area contributed by atoms with Gasteiger partial charge in [0.25, 0.3) is 0 Å². The van der Waals surface area contributed by atoms with E-state index >= 15 is 0 Å². The third-order valence-corrected chi connectivity index (χ3v) is 7.56. The Morgan fingerprint density at radius 2 is 1.70 bits per heavy atom. The lowest BCUT2D eigenvalue weighted by atomic mass is 9.78. The summed E-state index contributed by atoms with van der Waals surface area (Å²) in [5, 5.41) is 9.15. The average molecular weight is 352 g/mol. The molecule has 0 radical (unpaired) electrons. The van der Waals surface area contributed by atoms with Crippen LogP contribution >= 0.6 is 0 Å². The summed E-state index contributed by atoms with van der Waals surface area (Å²) in [4.78, 5) is 0. The number of halogens is 4. The van der Waals surface area contributed by atoms with Gasteiger partial charge < -0.3 is 5.11 Å².